The van der Waals surface area contributed by atoms with Gasteiger partial charge in [-0.15, -0.1) is 0 Å². The van der Waals surface area contributed by atoms with Crippen LogP contribution in [0.2, 0.25) is 0 Å². The lowest BCUT2D eigenvalue weighted by molar-refractivity contribution is -0.151. The first-order valence-electron chi connectivity index (χ1n) is 15.4. The molecule has 4 N–H and O–H groups in total. The van der Waals surface area contributed by atoms with Crippen LogP contribution in [0, 0.1) is 0 Å². The molecule has 0 radical (unpaired) electrons. The quantitative estimate of drug-likeness (QED) is 0.0956. The Bertz CT molecular complexity index is 1350. The number of aromatic nitrogens is 1. The fourth-order valence-corrected chi connectivity index (χ4v) is 6.39. The zero-order valence-corrected chi connectivity index (χ0v) is 24.1. The Hall–Kier alpha value is -3.69. The van der Waals surface area contributed by atoms with Crippen molar-refractivity contribution in [1.82, 2.24) is 20.7 Å². The van der Waals surface area contributed by atoms with Gasteiger partial charge < -0.3 is 14.6 Å². The summed E-state index contributed by atoms with van der Waals surface area (Å²) >= 11 is 0. The Morgan fingerprint density at radius 1 is 0.952 bits per heavy atom. The molecule has 2 amide bonds. The number of ether oxygens (including phenoxy) is 1. The summed E-state index contributed by atoms with van der Waals surface area (Å²) < 4.78 is 5.94. The van der Waals surface area contributed by atoms with Crippen LogP contribution in [0.25, 0.3) is 10.9 Å². The number of hydrogen-bond acceptors (Lipinski definition) is 6. The number of H-pyrrole nitrogens is 1. The van der Waals surface area contributed by atoms with Gasteiger partial charge in [-0.3, -0.25) is 20.1 Å². The summed E-state index contributed by atoms with van der Waals surface area (Å²) in [6.45, 7) is 1.01. The van der Waals surface area contributed by atoms with Crippen LogP contribution < -0.4 is 10.8 Å². The molecule has 42 heavy (non-hydrogen) atoms. The van der Waals surface area contributed by atoms with Crippen LogP contribution in [-0.2, 0) is 25.5 Å². The molecule has 1 aliphatic heterocycles. The largest absolute Gasteiger partial charge is 0.461 e. The van der Waals surface area contributed by atoms with Crippen LogP contribution in [0.15, 0.2) is 54.6 Å². The van der Waals surface area contributed by atoms with E-state index in [1.54, 1.807) is 5.48 Å². The lowest BCUT2D eigenvalue weighted by Gasteiger charge is -2.37. The first kappa shape index (κ1) is 29.8. The number of nitrogens with one attached hydrogen (secondary N) is 3. The van der Waals surface area contributed by atoms with E-state index in [1.165, 1.54) is 10.9 Å². The third kappa shape index (κ3) is 7.20. The first-order chi connectivity index (χ1) is 20.5. The zero-order valence-electron chi connectivity index (χ0n) is 24.1. The van der Waals surface area contributed by atoms with Gasteiger partial charge in [0.05, 0.1) is 6.04 Å². The van der Waals surface area contributed by atoms with Crippen molar-refractivity contribution in [2.45, 2.75) is 88.8 Å². The van der Waals surface area contributed by atoms with Crippen molar-refractivity contribution in [3.05, 3.63) is 71.4 Å². The number of fused-ring (bicyclic) bond motifs is 3. The van der Waals surface area contributed by atoms with E-state index in [9.17, 15) is 14.4 Å². The average Bonchev–Trinajstić information content (AvgIpc) is 3.67. The molecule has 1 saturated carbocycles. The molecule has 0 spiro atoms. The number of nitrogens with zero attached hydrogens (tertiary/aromatic N) is 1. The number of carbonyl (C=O) groups excluding carboxylic acids is 3. The number of hydrogen-bond donors (Lipinski definition) is 4. The van der Waals surface area contributed by atoms with E-state index in [1.807, 2.05) is 47.4 Å². The molecule has 0 bridgehead atoms. The van der Waals surface area contributed by atoms with Gasteiger partial charge in [-0.05, 0) is 62.1 Å². The first-order valence-corrected chi connectivity index (χ1v) is 15.4. The molecule has 9 heteroatoms. The van der Waals surface area contributed by atoms with Crippen LogP contribution >= 0.6 is 0 Å². The smallest absolute Gasteiger partial charge is 0.328 e. The minimum Gasteiger partial charge on any atom is -0.461 e. The Morgan fingerprint density at radius 3 is 2.43 bits per heavy atom. The third-order valence-corrected chi connectivity index (χ3v) is 8.62. The van der Waals surface area contributed by atoms with Crippen molar-refractivity contribution in [3.8, 4) is 0 Å². The molecule has 2 aromatic carbocycles. The number of para-hydroxylation sites is 1. The maximum Gasteiger partial charge on any atom is 0.328 e. The number of rotatable bonds is 13. The molecule has 9 nitrogen and oxygen atoms in total. The third-order valence-electron chi connectivity index (χ3n) is 8.62. The van der Waals surface area contributed by atoms with Crippen LogP contribution in [0.5, 0.6) is 0 Å². The molecule has 2 atom stereocenters. The zero-order chi connectivity index (χ0) is 29.3. The van der Waals surface area contributed by atoms with Gasteiger partial charge in [-0.25, -0.2) is 10.3 Å². The lowest BCUT2D eigenvalue weighted by atomic mass is 9.96. The highest BCUT2D eigenvalue weighted by Gasteiger charge is 2.35. The van der Waals surface area contributed by atoms with Gasteiger partial charge in [0, 0.05) is 42.5 Å². The van der Waals surface area contributed by atoms with Crippen molar-refractivity contribution in [1.29, 1.82) is 0 Å². The molecule has 1 unspecified atom stereocenters. The predicted molar refractivity (Wildman–Crippen MR) is 160 cm³/mol. The molecule has 1 fully saturated rings. The summed E-state index contributed by atoms with van der Waals surface area (Å²) in [7, 11) is 0. The van der Waals surface area contributed by atoms with Gasteiger partial charge in [0.15, 0.2) is 0 Å². The Morgan fingerprint density at radius 2 is 1.67 bits per heavy atom. The second kappa shape index (κ2) is 14.5. The van der Waals surface area contributed by atoms with Crippen molar-refractivity contribution in [3.63, 3.8) is 0 Å². The molecule has 224 valence electrons. The van der Waals surface area contributed by atoms with Crippen LogP contribution in [0.4, 0.5) is 0 Å². The topological polar surface area (TPSA) is 124 Å². The second-order valence-corrected chi connectivity index (χ2v) is 11.5. The molecular weight excluding hydrogens is 532 g/mol. The highest BCUT2D eigenvalue weighted by Crippen LogP contribution is 2.35. The van der Waals surface area contributed by atoms with Gasteiger partial charge in [0.2, 0.25) is 11.8 Å². The van der Waals surface area contributed by atoms with E-state index < -0.39 is 6.04 Å². The number of unbranched alkanes of at least 4 members (excludes halogenated alkanes) is 3. The maximum absolute atomic E-state index is 13.6. The van der Waals surface area contributed by atoms with Crippen LogP contribution in [0.1, 0.15) is 93.1 Å². The number of amides is 2. The molecule has 5 rings (SSSR count). The molecule has 2 aliphatic rings. The number of carbonyl (C=O) groups is 3. The van der Waals surface area contributed by atoms with E-state index in [4.69, 9.17) is 9.94 Å². The predicted octanol–water partition coefficient (Wildman–Crippen LogP) is 5.26. The summed E-state index contributed by atoms with van der Waals surface area (Å²) in [5.74, 6) is -0.567. The molecule has 2 heterocycles. The van der Waals surface area contributed by atoms with E-state index in [-0.39, 0.29) is 36.4 Å². The fourth-order valence-electron chi connectivity index (χ4n) is 6.39. The van der Waals surface area contributed by atoms with Gasteiger partial charge in [0.25, 0.3) is 0 Å². The maximum atomic E-state index is 13.6. The van der Waals surface area contributed by atoms with E-state index in [0.29, 0.717) is 25.9 Å². The van der Waals surface area contributed by atoms with E-state index in [0.717, 1.165) is 68.1 Å². The fraction of sp³-hybridized carbons (Fsp3) is 0.485. The van der Waals surface area contributed by atoms with Crippen molar-refractivity contribution < 1.29 is 24.3 Å². The molecule has 3 aromatic rings. The minimum atomic E-state index is -0.630. The van der Waals surface area contributed by atoms with Crippen molar-refractivity contribution in [2.75, 3.05) is 13.1 Å². The van der Waals surface area contributed by atoms with Gasteiger partial charge >= 0.3 is 5.97 Å². The summed E-state index contributed by atoms with van der Waals surface area (Å²) in [5, 5.41) is 13.3. The Labute approximate surface area is 247 Å². The monoisotopic (exact) mass is 574 g/mol. The highest BCUT2D eigenvalue weighted by molar-refractivity contribution is 5.86. The summed E-state index contributed by atoms with van der Waals surface area (Å²) in [4.78, 5) is 43.8. The lowest BCUT2D eigenvalue weighted by Crippen LogP contribution is -2.45. The SMILES string of the molecule is O=C(CCCCCCC(=O)N1CCc2c([nH]c3ccccc23)[C@@H]1CNC(C(=O)OC1CCCC1)c1ccccc1)NO. The Kier molecular flexibility index (Phi) is 10.3. The van der Waals surface area contributed by atoms with Crippen molar-refractivity contribution in [2.24, 2.45) is 0 Å². The van der Waals surface area contributed by atoms with Crippen LogP contribution in [0.3, 0.4) is 0 Å². The second-order valence-electron chi connectivity index (χ2n) is 11.5. The average molecular weight is 575 g/mol. The van der Waals surface area contributed by atoms with E-state index in [2.05, 4.69) is 22.4 Å². The standard InChI is InChI=1S/C33H42N4O5/c38-29(36-41)18-6-1-2-7-19-30(39)37-21-20-26-25-16-10-11-17-27(25)35-32(26)28(37)22-34-31(23-12-4-3-5-13-23)33(40)42-24-14-8-9-15-24/h3-5,10-13,16-17,24,28,31,34-35,41H,1-2,6-9,14-15,18-22H2,(H,36,38)/t28-,31?/m0/s1. The summed E-state index contributed by atoms with van der Waals surface area (Å²) in [5.41, 5.74) is 5.81. The molecule has 0 saturated heterocycles. The number of aromatic amines is 1. The molecule has 1 aromatic heterocycles. The van der Waals surface area contributed by atoms with Gasteiger partial charge in [0.1, 0.15) is 12.1 Å². The molecular formula is C33H42N4O5. The summed E-state index contributed by atoms with van der Waals surface area (Å²) in [6.07, 6.45) is 8.48. The van der Waals surface area contributed by atoms with E-state index >= 15 is 0 Å². The Balaban J connectivity index is 1.31. The minimum absolute atomic E-state index is 0.0309. The van der Waals surface area contributed by atoms with Crippen molar-refractivity contribution >= 4 is 28.7 Å². The van der Waals surface area contributed by atoms with Gasteiger partial charge in [-0.2, -0.15) is 0 Å². The highest BCUT2D eigenvalue weighted by atomic mass is 16.5. The number of hydroxylamine groups is 1. The van der Waals surface area contributed by atoms with Gasteiger partial charge in [-0.1, -0.05) is 61.4 Å². The van der Waals surface area contributed by atoms with Crippen LogP contribution in [-0.4, -0.2) is 52.1 Å². The summed E-state index contributed by atoms with van der Waals surface area (Å²) in [6, 6.07) is 17.0. The molecule has 1 aliphatic carbocycles. The normalized spacial score (nSPS) is 17.6. The number of benzene rings is 2. The number of esters is 1.